The van der Waals surface area contributed by atoms with Crippen LogP contribution in [0.4, 0.5) is 18.0 Å². The third-order valence-electron chi connectivity index (χ3n) is 10.6. The predicted molar refractivity (Wildman–Crippen MR) is 226 cm³/mol. The van der Waals surface area contributed by atoms with Crippen molar-refractivity contribution in [2.45, 2.75) is 136 Å². The summed E-state index contributed by atoms with van der Waals surface area (Å²) >= 11 is 0. The van der Waals surface area contributed by atoms with Gasteiger partial charge in [-0.25, -0.2) is 17.9 Å². The lowest BCUT2D eigenvalue weighted by Crippen LogP contribution is -2.63. The summed E-state index contributed by atoms with van der Waals surface area (Å²) in [5.74, 6) is -5.01. The molecule has 3 N–H and O–H groups in total. The molecule has 3 atom stereocenters. The smallest absolute Gasteiger partial charge is 0.444 e. The van der Waals surface area contributed by atoms with E-state index in [0.29, 0.717) is 18.4 Å². The summed E-state index contributed by atoms with van der Waals surface area (Å²) in [5.41, 5.74) is -2.46. The minimum Gasteiger partial charge on any atom is -0.444 e. The summed E-state index contributed by atoms with van der Waals surface area (Å²) in [5, 5.41) is 4.96. The Bertz CT molecular complexity index is 2070. The third-order valence-corrected chi connectivity index (χ3v) is 11.9. The van der Waals surface area contributed by atoms with E-state index in [1.165, 1.54) is 61.2 Å². The Balaban J connectivity index is 1.83. The highest BCUT2D eigenvalue weighted by Gasteiger charge is 2.51. The first-order valence-electron chi connectivity index (χ1n) is 20.0. The predicted octanol–water partition coefficient (Wildman–Crippen LogP) is 6.47. The van der Waals surface area contributed by atoms with Gasteiger partial charge in [0.15, 0.2) is 0 Å². The number of nitrogens with one attached hydrogen (secondary N) is 3. The molecular weight excluding hydrogens is 816 g/mol. The molecule has 2 aromatic rings. The molecular formula is C44H62F3N5O8S. The molecule has 1 aliphatic carbocycles. The van der Waals surface area contributed by atoms with Gasteiger partial charge in [0, 0.05) is 25.1 Å². The summed E-state index contributed by atoms with van der Waals surface area (Å²) in [6, 6.07) is 11.9. The highest BCUT2D eigenvalue weighted by atomic mass is 32.2. The van der Waals surface area contributed by atoms with Gasteiger partial charge in [-0.3, -0.25) is 24.1 Å². The van der Waals surface area contributed by atoms with Crippen LogP contribution in [0.3, 0.4) is 0 Å². The van der Waals surface area contributed by atoms with Crippen LogP contribution in [0.5, 0.6) is 0 Å². The van der Waals surface area contributed by atoms with Gasteiger partial charge in [0.2, 0.25) is 21.8 Å². The number of rotatable bonds is 15. The fraction of sp³-hybridized carbons (Fsp3) is 0.568. The molecule has 17 heteroatoms. The molecule has 0 saturated heterocycles. The molecule has 0 spiro atoms. The number of carbonyl (C=O) groups excluding carboxylic acids is 5. The van der Waals surface area contributed by atoms with Gasteiger partial charge in [-0.05, 0) is 68.6 Å². The molecule has 0 heterocycles. The molecule has 2 aromatic carbocycles. The standard InChI is InChI=1S/C44H62F3N5O8S/c1-27(2)32(25-28(3)35(53)50-61(58,59)26-29-19-21-31(22-20-29)43(23-24-43)49-38(56)44(45,46)47)51(12)37(55)33(40(4,5)6)48-36(54)34(52(13)39(57)60-41(7,8)9)42(10,11)30-17-15-14-16-18-30/h14-22,25,27,32-34H,23-24,26H2,1-13H3,(H,48,54)(H,49,56)(H,50,53)/b28-25+. The zero-order valence-corrected chi connectivity index (χ0v) is 38.2. The van der Waals surface area contributed by atoms with Gasteiger partial charge in [-0.15, -0.1) is 0 Å². The highest BCUT2D eigenvalue weighted by molar-refractivity contribution is 7.89. The molecule has 0 aromatic heterocycles. The SMILES string of the molecule is C/C(=C\C(C(C)C)N(C)C(=O)C(NC(=O)C(N(C)C(=O)OC(C)(C)C)C(C)(C)c1ccccc1)C(C)(C)C)C(=O)NS(=O)(=O)Cc1ccc(C2(NC(=O)C(F)(F)F)CC2)cc1. The lowest BCUT2D eigenvalue weighted by Gasteiger charge is -2.42. The maximum atomic E-state index is 14.5. The quantitative estimate of drug-likeness (QED) is 0.171. The summed E-state index contributed by atoms with van der Waals surface area (Å²) in [6.07, 6.45) is -3.72. The summed E-state index contributed by atoms with van der Waals surface area (Å²) in [7, 11) is -1.27. The maximum Gasteiger partial charge on any atom is 0.471 e. The molecule has 0 aliphatic heterocycles. The average Bonchev–Trinajstić information content (AvgIpc) is 3.91. The van der Waals surface area contributed by atoms with E-state index in [0.717, 1.165) is 5.56 Å². The van der Waals surface area contributed by atoms with Crippen molar-refractivity contribution in [3.63, 3.8) is 0 Å². The first-order chi connectivity index (χ1) is 27.7. The molecule has 1 aliphatic rings. The van der Waals surface area contributed by atoms with E-state index in [2.05, 4.69) is 5.32 Å². The van der Waals surface area contributed by atoms with Gasteiger partial charge in [-0.2, -0.15) is 13.2 Å². The van der Waals surface area contributed by atoms with E-state index in [4.69, 9.17) is 4.74 Å². The third kappa shape index (κ3) is 13.3. The average molecular weight is 878 g/mol. The first kappa shape index (κ1) is 50.4. The fourth-order valence-electron chi connectivity index (χ4n) is 7.05. The van der Waals surface area contributed by atoms with Crippen LogP contribution in [-0.2, 0) is 50.6 Å². The van der Waals surface area contributed by atoms with E-state index in [1.54, 1.807) is 41.5 Å². The van der Waals surface area contributed by atoms with E-state index < -0.39 is 91.8 Å². The molecule has 61 heavy (non-hydrogen) atoms. The number of carbonyl (C=O) groups is 5. The summed E-state index contributed by atoms with van der Waals surface area (Å²) < 4.78 is 72.5. The van der Waals surface area contributed by atoms with Crippen LogP contribution >= 0.6 is 0 Å². The maximum absolute atomic E-state index is 14.5. The van der Waals surface area contributed by atoms with Gasteiger partial charge in [-0.1, -0.05) is 109 Å². The Morgan fingerprint density at radius 2 is 1.39 bits per heavy atom. The van der Waals surface area contributed by atoms with Crippen LogP contribution in [0, 0.1) is 11.3 Å². The van der Waals surface area contributed by atoms with Crippen molar-refractivity contribution in [1.29, 1.82) is 0 Å². The van der Waals surface area contributed by atoms with Gasteiger partial charge >= 0.3 is 18.2 Å². The van der Waals surface area contributed by atoms with Crippen molar-refractivity contribution in [3.05, 3.63) is 82.9 Å². The second-order valence-electron chi connectivity index (χ2n) is 18.8. The number of hydrogen-bond donors (Lipinski definition) is 3. The molecule has 0 bridgehead atoms. The van der Waals surface area contributed by atoms with Crippen LogP contribution < -0.4 is 15.4 Å². The zero-order valence-electron chi connectivity index (χ0n) is 37.4. The number of benzene rings is 2. The number of amides is 5. The Hall–Kier alpha value is -4.93. The van der Waals surface area contributed by atoms with Crippen molar-refractivity contribution in [3.8, 4) is 0 Å². The number of hydrogen-bond acceptors (Lipinski definition) is 8. The summed E-state index contributed by atoms with van der Waals surface area (Å²) in [6.45, 7) is 19.2. The molecule has 1 saturated carbocycles. The van der Waals surface area contributed by atoms with E-state index >= 15 is 0 Å². The number of ether oxygens (including phenoxy) is 1. The lowest BCUT2D eigenvalue weighted by molar-refractivity contribution is -0.174. The number of halogens is 3. The van der Waals surface area contributed by atoms with Crippen LogP contribution in [0.1, 0.15) is 106 Å². The minimum absolute atomic E-state index is 0.00615. The van der Waals surface area contributed by atoms with E-state index in [-0.39, 0.29) is 17.1 Å². The largest absolute Gasteiger partial charge is 0.471 e. The van der Waals surface area contributed by atoms with E-state index in [1.807, 2.05) is 68.1 Å². The Kier molecular flexibility index (Phi) is 15.4. The van der Waals surface area contributed by atoms with Crippen LogP contribution in [0.15, 0.2) is 66.2 Å². The van der Waals surface area contributed by atoms with Gasteiger partial charge in [0.05, 0.1) is 17.3 Å². The Labute approximate surface area is 358 Å². The fourth-order valence-corrected chi connectivity index (χ4v) is 8.20. The Morgan fingerprint density at radius 3 is 1.85 bits per heavy atom. The highest BCUT2D eigenvalue weighted by Crippen LogP contribution is 2.46. The monoisotopic (exact) mass is 877 g/mol. The normalized spacial score (nSPS) is 16.1. The first-order valence-corrected chi connectivity index (χ1v) is 21.7. The zero-order chi connectivity index (χ0) is 46.7. The number of likely N-dealkylation sites (N-methyl/N-ethyl adjacent to an activating group) is 2. The van der Waals surface area contributed by atoms with Crippen molar-refractivity contribution in [2.24, 2.45) is 11.3 Å². The number of sulfonamides is 1. The Morgan fingerprint density at radius 1 is 0.852 bits per heavy atom. The van der Waals surface area contributed by atoms with E-state index in [9.17, 15) is 45.6 Å². The lowest BCUT2D eigenvalue weighted by atomic mass is 9.76. The second-order valence-corrected chi connectivity index (χ2v) is 20.6. The number of nitrogens with zero attached hydrogens (tertiary/aromatic N) is 2. The molecule has 5 amide bonds. The second kappa shape index (κ2) is 18.6. The molecule has 3 rings (SSSR count). The van der Waals surface area contributed by atoms with Crippen molar-refractivity contribution >= 4 is 39.7 Å². The van der Waals surface area contributed by atoms with Gasteiger partial charge < -0.3 is 20.3 Å². The topological polar surface area (TPSA) is 171 Å². The molecule has 3 unspecified atom stereocenters. The molecule has 338 valence electrons. The molecule has 1 fully saturated rings. The van der Waals surface area contributed by atoms with Gasteiger partial charge in [0.1, 0.15) is 17.7 Å². The van der Waals surface area contributed by atoms with Crippen molar-refractivity contribution < 1.29 is 50.3 Å². The summed E-state index contributed by atoms with van der Waals surface area (Å²) in [4.78, 5) is 69.9. The molecule has 0 radical (unpaired) electrons. The number of alkyl halides is 3. The van der Waals surface area contributed by atoms with Crippen LogP contribution in [0.25, 0.3) is 0 Å². The molecule has 13 nitrogen and oxygen atoms in total. The van der Waals surface area contributed by atoms with Crippen molar-refractivity contribution in [1.82, 2.24) is 25.2 Å². The van der Waals surface area contributed by atoms with Crippen LogP contribution in [0.2, 0.25) is 0 Å². The minimum atomic E-state index is -5.05. The van der Waals surface area contributed by atoms with Crippen LogP contribution in [-0.4, -0.2) is 91.9 Å². The van der Waals surface area contributed by atoms with Gasteiger partial charge in [0.25, 0.3) is 5.91 Å². The van der Waals surface area contributed by atoms with Crippen molar-refractivity contribution in [2.75, 3.05) is 14.1 Å².